The lowest BCUT2D eigenvalue weighted by Crippen LogP contribution is -2.03. The van der Waals surface area contributed by atoms with Crippen molar-refractivity contribution in [2.75, 3.05) is 7.11 Å². The molecule has 0 atom stereocenters. The van der Waals surface area contributed by atoms with E-state index in [1.54, 1.807) is 0 Å². The zero-order chi connectivity index (χ0) is 11.4. The van der Waals surface area contributed by atoms with Crippen molar-refractivity contribution in [3.05, 3.63) is 32.5 Å². The number of hydrogen-bond donors (Lipinski definition) is 0. The van der Waals surface area contributed by atoms with Gasteiger partial charge in [-0.2, -0.15) is 0 Å². The van der Waals surface area contributed by atoms with E-state index in [1.165, 1.54) is 19.2 Å². The van der Waals surface area contributed by atoms with Crippen LogP contribution in [-0.2, 0) is 16.0 Å². The molecule has 0 spiro atoms. The first kappa shape index (κ1) is 12.6. The molecule has 0 bridgehead atoms. The summed E-state index contributed by atoms with van der Waals surface area (Å²) in [5.74, 6) is -0.603. The molecule has 0 aliphatic heterocycles. The molecule has 1 aromatic rings. The standard InChI is InChI=1S/C10H9Br2FO2/c1-15-10(14)3-2-7-8(11)4-6(13)5-9(7)12/h4-5H,2-3H2,1H3. The van der Waals surface area contributed by atoms with E-state index in [-0.39, 0.29) is 18.2 Å². The molecule has 0 aliphatic carbocycles. The number of ether oxygens (including phenoxy) is 1. The summed E-state index contributed by atoms with van der Waals surface area (Å²) in [7, 11) is 1.34. The Balaban J connectivity index is 2.81. The topological polar surface area (TPSA) is 26.3 Å². The predicted molar refractivity (Wildman–Crippen MR) is 62.1 cm³/mol. The zero-order valence-electron chi connectivity index (χ0n) is 8.02. The van der Waals surface area contributed by atoms with Gasteiger partial charge in [0, 0.05) is 15.4 Å². The van der Waals surface area contributed by atoms with E-state index in [4.69, 9.17) is 0 Å². The maximum absolute atomic E-state index is 12.9. The van der Waals surface area contributed by atoms with Gasteiger partial charge in [-0.25, -0.2) is 4.39 Å². The average molecular weight is 340 g/mol. The lowest BCUT2D eigenvalue weighted by Gasteiger charge is -2.06. The van der Waals surface area contributed by atoms with Gasteiger partial charge in [0.2, 0.25) is 0 Å². The molecule has 0 radical (unpaired) electrons. The van der Waals surface area contributed by atoms with E-state index < -0.39 is 0 Å². The smallest absolute Gasteiger partial charge is 0.305 e. The molecule has 0 N–H and O–H groups in total. The molecule has 0 saturated carbocycles. The van der Waals surface area contributed by atoms with Crippen LogP contribution in [0.1, 0.15) is 12.0 Å². The van der Waals surface area contributed by atoms with Gasteiger partial charge < -0.3 is 4.74 Å². The molecular formula is C10H9Br2FO2. The second-order valence-electron chi connectivity index (χ2n) is 2.92. The van der Waals surface area contributed by atoms with Crippen molar-refractivity contribution in [1.82, 2.24) is 0 Å². The molecule has 1 aromatic carbocycles. The molecule has 0 saturated heterocycles. The van der Waals surface area contributed by atoms with Crippen LogP contribution in [0.3, 0.4) is 0 Å². The number of carbonyl (C=O) groups is 1. The van der Waals surface area contributed by atoms with Gasteiger partial charge in [-0.3, -0.25) is 4.79 Å². The summed E-state index contributed by atoms with van der Waals surface area (Å²) in [6, 6.07) is 2.74. The van der Waals surface area contributed by atoms with Crippen LogP contribution in [-0.4, -0.2) is 13.1 Å². The molecule has 1 rings (SSSR count). The molecule has 82 valence electrons. The summed E-state index contributed by atoms with van der Waals surface area (Å²) in [5.41, 5.74) is 0.863. The van der Waals surface area contributed by atoms with Crippen molar-refractivity contribution < 1.29 is 13.9 Å². The van der Waals surface area contributed by atoms with Gasteiger partial charge in [0.1, 0.15) is 5.82 Å². The fraction of sp³-hybridized carbons (Fsp3) is 0.300. The summed E-state index contributed by atoms with van der Waals surface area (Å²) in [5, 5.41) is 0. The SMILES string of the molecule is COC(=O)CCc1c(Br)cc(F)cc1Br. The number of halogens is 3. The quantitative estimate of drug-likeness (QED) is 0.788. The highest BCUT2D eigenvalue weighted by Gasteiger charge is 2.10. The third-order valence-electron chi connectivity index (χ3n) is 1.91. The van der Waals surface area contributed by atoms with E-state index in [2.05, 4.69) is 36.6 Å². The van der Waals surface area contributed by atoms with Gasteiger partial charge in [0.25, 0.3) is 0 Å². The Morgan fingerprint density at radius 1 is 1.40 bits per heavy atom. The Bertz CT molecular complexity index is 357. The number of methoxy groups -OCH3 is 1. The van der Waals surface area contributed by atoms with Crippen LogP contribution in [0.15, 0.2) is 21.1 Å². The predicted octanol–water partition coefficient (Wildman–Crippen LogP) is 3.46. The number of esters is 1. The first-order valence-electron chi connectivity index (χ1n) is 4.25. The highest BCUT2D eigenvalue weighted by molar-refractivity contribution is 9.11. The average Bonchev–Trinajstić information content (AvgIpc) is 2.15. The van der Waals surface area contributed by atoms with Crippen LogP contribution in [0, 0.1) is 5.82 Å². The third kappa shape index (κ3) is 3.57. The van der Waals surface area contributed by atoms with Gasteiger partial charge in [-0.05, 0) is 24.1 Å². The molecular weight excluding hydrogens is 331 g/mol. The van der Waals surface area contributed by atoms with Crippen molar-refractivity contribution in [3.63, 3.8) is 0 Å². The number of benzene rings is 1. The second kappa shape index (κ2) is 5.61. The number of rotatable bonds is 3. The highest BCUT2D eigenvalue weighted by Crippen LogP contribution is 2.28. The van der Waals surface area contributed by atoms with E-state index in [0.29, 0.717) is 15.4 Å². The normalized spacial score (nSPS) is 10.1. The summed E-state index contributed by atoms with van der Waals surface area (Å²) >= 11 is 6.50. The molecule has 0 heterocycles. The fourth-order valence-corrected chi connectivity index (χ4v) is 2.67. The second-order valence-corrected chi connectivity index (χ2v) is 4.63. The molecule has 0 fully saturated rings. The maximum Gasteiger partial charge on any atom is 0.305 e. The zero-order valence-corrected chi connectivity index (χ0v) is 11.2. The first-order valence-corrected chi connectivity index (χ1v) is 5.83. The van der Waals surface area contributed by atoms with Crippen molar-refractivity contribution >= 4 is 37.8 Å². The van der Waals surface area contributed by atoms with Gasteiger partial charge >= 0.3 is 5.97 Å². The summed E-state index contributed by atoms with van der Waals surface area (Å²) in [4.78, 5) is 10.9. The third-order valence-corrected chi connectivity index (χ3v) is 3.33. The summed E-state index contributed by atoms with van der Waals surface area (Å²) in [6.45, 7) is 0. The Kier molecular flexibility index (Phi) is 4.73. The van der Waals surface area contributed by atoms with Crippen LogP contribution in [0.5, 0.6) is 0 Å². The molecule has 0 aliphatic rings. The van der Waals surface area contributed by atoms with Crippen molar-refractivity contribution in [3.8, 4) is 0 Å². The van der Waals surface area contributed by atoms with Crippen molar-refractivity contribution in [1.29, 1.82) is 0 Å². The fourth-order valence-electron chi connectivity index (χ4n) is 1.14. The van der Waals surface area contributed by atoms with Gasteiger partial charge in [-0.1, -0.05) is 31.9 Å². The van der Waals surface area contributed by atoms with E-state index >= 15 is 0 Å². The molecule has 2 nitrogen and oxygen atoms in total. The number of hydrogen-bond acceptors (Lipinski definition) is 2. The Morgan fingerprint density at radius 3 is 2.40 bits per heavy atom. The van der Waals surface area contributed by atoms with E-state index in [1.807, 2.05) is 0 Å². The largest absolute Gasteiger partial charge is 0.469 e. The Morgan fingerprint density at radius 2 is 1.93 bits per heavy atom. The van der Waals surface area contributed by atoms with Crippen LogP contribution >= 0.6 is 31.9 Å². The molecule has 5 heteroatoms. The van der Waals surface area contributed by atoms with Gasteiger partial charge in [0.15, 0.2) is 0 Å². The molecule has 15 heavy (non-hydrogen) atoms. The van der Waals surface area contributed by atoms with Crippen LogP contribution in [0.4, 0.5) is 4.39 Å². The monoisotopic (exact) mass is 338 g/mol. The molecule has 0 unspecified atom stereocenters. The first-order chi connectivity index (χ1) is 7.04. The summed E-state index contributed by atoms with van der Waals surface area (Å²) < 4.78 is 18.8. The van der Waals surface area contributed by atoms with E-state index in [9.17, 15) is 9.18 Å². The minimum atomic E-state index is -0.324. The summed E-state index contributed by atoms with van der Waals surface area (Å²) in [6.07, 6.45) is 0.785. The minimum Gasteiger partial charge on any atom is -0.469 e. The van der Waals surface area contributed by atoms with Crippen LogP contribution in [0.2, 0.25) is 0 Å². The number of carbonyl (C=O) groups excluding carboxylic acids is 1. The molecule has 0 amide bonds. The van der Waals surface area contributed by atoms with Gasteiger partial charge in [-0.15, -0.1) is 0 Å². The van der Waals surface area contributed by atoms with Gasteiger partial charge in [0.05, 0.1) is 7.11 Å². The van der Waals surface area contributed by atoms with Crippen molar-refractivity contribution in [2.24, 2.45) is 0 Å². The van der Waals surface area contributed by atoms with E-state index in [0.717, 1.165) is 5.56 Å². The lowest BCUT2D eigenvalue weighted by atomic mass is 10.1. The van der Waals surface area contributed by atoms with Crippen LogP contribution in [0.25, 0.3) is 0 Å². The minimum absolute atomic E-state index is 0.277. The Labute approximate surface area is 104 Å². The molecule has 0 aromatic heterocycles. The maximum atomic E-state index is 12.9. The van der Waals surface area contributed by atoms with Crippen molar-refractivity contribution in [2.45, 2.75) is 12.8 Å². The highest BCUT2D eigenvalue weighted by atomic mass is 79.9. The Hall–Kier alpha value is -0.420. The lowest BCUT2D eigenvalue weighted by molar-refractivity contribution is -0.140. The van der Waals surface area contributed by atoms with Crippen LogP contribution < -0.4 is 0 Å².